The van der Waals surface area contributed by atoms with E-state index in [1.807, 2.05) is 19.1 Å². The van der Waals surface area contributed by atoms with Crippen LogP contribution in [0.4, 0.5) is 28.8 Å². The third-order valence-corrected chi connectivity index (χ3v) is 6.19. The summed E-state index contributed by atoms with van der Waals surface area (Å²) in [6.07, 6.45) is 6.15. The molecule has 1 atom stereocenters. The first kappa shape index (κ1) is 27.7. The maximum absolute atomic E-state index is 5.81. The molecule has 1 unspecified atom stereocenters. The van der Waals surface area contributed by atoms with Crippen LogP contribution in [-0.2, 0) is 0 Å². The van der Waals surface area contributed by atoms with Crippen molar-refractivity contribution in [1.29, 1.82) is 0 Å². The van der Waals surface area contributed by atoms with Crippen LogP contribution in [0.15, 0.2) is 49.4 Å². The highest BCUT2D eigenvalue weighted by molar-refractivity contribution is 5.81. The predicted molar refractivity (Wildman–Crippen MR) is 155 cm³/mol. The first-order valence-electron chi connectivity index (χ1n) is 12.5. The molecular formula is C28H40N8O. The molecule has 9 nitrogen and oxygen atoms in total. The molecule has 0 amide bonds. The van der Waals surface area contributed by atoms with Crippen LogP contribution in [0.1, 0.15) is 25.8 Å². The predicted octanol–water partition coefficient (Wildman–Crippen LogP) is 5.36. The standard InChI is InChI=1S/C28H40N8O/c1-9-19(3)31-22-16-23(25(37-8)17-24(22)36(7)15-14-35(5)6)32-28-33-26(21-12-11-13-29-18-21)20(4)27(34-28)30-10-2/h10-13,16-19,31H,2,9,14-15H2,1,3-8H3,(H2,30,32,33,34). The summed E-state index contributed by atoms with van der Waals surface area (Å²) in [7, 11) is 7.93. The maximum Gasteiger partial charge on any atom is 0.229 e. The molecule has 2 heterocycles. The Kier molecular flexibility index (Phi) is 9.68. The molecule has 3 N–H and O–H groups in total. The SMILES string of the molecule is C=CNc1nc(Nc2cc(NC(C)CC)c(N(C)CCN(C)C)cc2OC)nc(-c2cccnc2)c1C. The molecule has 37 heavy (non-hydrogen) atoms. The number of ether oxygens (including phenoxy) is 1. The number of rotatable bonds is 13. The van der Waals surface area contributed by atoms with Gasteiger partial charge >= 0.3 is 0 Å². The largest absolute Gasteiger partial charge is 0.494 e. The Bertz CT molecular complexity index is 1180. The minimum atomic E-state index is 0.304. The molecule has 2 aromatic heterocycles. The van der Waals surface area contributed by atoms with Crippen molar-refractivity contribution in [3.05, 3.63) is 55.0 Å². The first-order chi connectivity index (χ1) is 17.8. The number of aromatic nitrogens is 3. The van der Waals surface area contributed by atoms with Gasteiger partial charge in [0.05, 0.1) is 29.9 Å². The van der Waals surface area contributed by atoms with Crippen LogP contribution in [-0.4, -0.2) is 67.2 Å². The maximum atomic E-state index is 5.81. The van der Waals surface area contributed by atoms with Gasteiger partial charge in [-0.2, -0.15) is 4.98 Å². The summed E-state index contributed by atoms with van der Waals surface area (Å²) in [5, 5.41) is 10.2. The number of hydrogen-bond donors (Lipinski definition) is 3. The monoisotopic (exact) mass is 504 g/mol. The van der Waals surface area contributed by atoms with Crippen molar-refractivity contribution in [2.75, 3.05) is 62.2 Å². The van der Waals surface area contributed by atoms with Crippen LogP contribution in [0.3, 0.4) is 0 Å². The first-order valence-corrected chi connectivity index (χ1v) is 12.5. The van der Waals surface area contributed by atoms with E-state index in [4.69, 9.17) is 14.7 Å². The number of likely N-dealkylation sites (N-methyl/N-ethyl adjacent to an activating group) is 2. The molecule has 0 aliphatic rings. The van der Waals surface area contributed by atoms with Gasteiger partial charge in [0.2, 0.25) is 5.95 Å². The minimum absolute atomic E-state index is 0.304. The fraction of sp³-hybridized carbons (Fsp3) is 0.393. The fourth-order valence-electron chi connectivity index (χ4n) is 3.82. The lowest BCUT2D eigenvalue weighted by Gasteiger charge is -2.27. The van der Waals surface area contributed by atoms with E-state index < -0.39 is 0 Å². The summed E-state index contributed by atoms with van der Waals surface area (Å²) in [5.74, 6) is 1.81. The highest BCUT2D eigenvalue weighted by Crippen LogP contribution is 2.39. The van der Waals surface area contributed by atoms with Crippen molar-refractivity contribution in [1.82, 2.24) is 19.9 Å². The van der Waals surface area contributed by atoms with Crippen molar-refractivity contribution in [2.45, 2.75) is 33.2 Å². The summed E-state index contributed by atoms with van der Waals surface area (Å²) in [6.45, 7) is 11.9. The highest BCUT2D eigenvalue weighted by atomic mass is 16.5. The highest BCUT2D eigenvalue weighted by Gasteiger charge is 2.18. The Morgan fingerprint density at radius 3 is 2.54 bits per heavy atom. The normalized spacial score (nSPS) is 11.7. The summed E-state index contributed by atoms with van der Waals surface area (Å²) < 4.78 is 5.81. The third kappa shape index (κ3) is 7.10. The van der Waals surface area contributed by atoms with E-state index in [0.29, 0.717) is 23.6 Å². The second-order valence-electron chi connectivity index (χ2n) is 9.33. The molecule has 0 radical (unpaired) electrons. The lowest BCUT2D eigenvalue weighted by Crippen LogP contribution is -2.29. The molecule has 3 rings (SSSR count). The van der Waals surface area contributed by atoms with E-state index in [1.165, 1.54) is 0 Å². The van der Waals surface area contributed by atoms with Crippen molar-refractivity contribution >= 4 is 28.8 Å². The van der Waals surface area contributed by atoms with Crippen molar-refractivity contribution < 1.29 is 4.74 Å². The number of hydrogen-bond acceptors (Lipinski definition) is 9. The lowest BCUT2D eigenvalue weighted by molar-refractivity contribution is 0.413. The van der Waals surface area contributed by atoms with Gasteiger partial charge in [0.1, 0.15) is 11.6 Å². The van der Waals surface area contributed by atoms with Crippen LogP contribution in [0, 0.1) is 6.92 Å². The van der Waals surface area contributed by atoms with Gasteiger partial charge in [0, 0.05) is 55.8 Å². The molecule has 3 aromatic rings. The minimum Gasteiger partial charge on any atom is -0.494 e. The number of nitrogens with one attached hydrogen (secondary N) is 3. The Labute approximate surface area is 221 Å². The fourth-order valence-corrected chi connectivity index (χ4v) is 3.82. The smallest absolute Gasteiger partial charge is 0.229 e. The zero-order chi connectivity index (χ0) is 26.9. The third-order valence-electron chi connectivity index (χ3n) is 6.19. The summed E-state index contributed by atoms with van der Waals surface area (Å²) >= 11 is 0. The van der Waals surface area contributed by atoms with Crippen molar-refractivity contribution in [3.63, 3.8) is 0 Å². The summed E-state index contributed by atoms with van der Waals surface area (Å²) in [5.41, 5.74) is 5.45. The van der Waals surface area contributed by atoms with Gasteiger partial charge in [-0.3, -0.25) is 4.98 Å². The molecule has 1 aromatic carbocycles. The Hall–Kier alpha value is -3.85. The van der Waals surface area contributed by atoms with Crippen LogP contribution >= 0.6 is 0 Å². The quantitative estimate of drug-likeness (QED) is 0.284. The van der Waals surface area contributed by atoms with E-state index in [1.54, 1.807) is 25.7 Å². The lowest BCUT2D eigenvalue weighted by atomic mass is 10.1. The van der Waals surface area contributed by atoms with E-state index in [2.05, 4.69) is 84.4 Å². The molecule has 198 valence electrons. The van der Waals surface area contributed by atoms with Gasteiger partial charge in [-0.1, -0.05) is 13.5 Å². The molecule has 0 spiro atoms. The number of pyridine rings is 1. The van der Waals surface area contributed by atoms with Gasteiger partial charge in [-0.05, 0) is 58.8 Å². The number of benzene rings is 1. The average molecular weight is 505 g/mol. The zero-order valence-electron chi connectivity index (χ0n) is 23.1. The Balaban J connectivity index is 2.07. The van der Waals surface area contributed by atoms with Gasteiger partial charge < -0.3 is 30.5 Å². The van der Waals surface area contributed by atoms with Gasteiger partial charge in [0.25, 0.3) is 0 Å². The number of nitrogens with zero attached hydrogens (tertiary/aromatic N) is 5. The van der Waals surface area contributed by atoms with Crippen molar-refractivity contribution in [3.8, 4) is 17.0 Å². The van der Waals surface area contributed by atoms with Crippen LogP contribution in [0.2, 0.25) is 0 Å². The van der Waals surface area contributed by atoms with E-state index >= 15 is 0 Å². The second-order valence-corrected chi connectivity index (χ2v) is 9.33. The molecule has 0 saturated heterocycles. The molecule has 0 bridgehead atoms. The van der Waals surface area contributed by atoms with Crippen molar-refractivity contribution in [2.24, 2.45) is 0 Å². The average Bonchev–Trinajstić information content (AvgIpc) is 2.89. The topological polar surface area (TPSA) is 90.5 Å². The summed E-state index contributed by atoms with van der Waals surface area (Å²) in [6, 6.07) is 8.31. The molecule has 9 heteroatoms. The van der Waals surface area contributed by atoms with Gasteiger partial charge in [0.15, 0.2) is 0 Å². The van der Waals surface area contributed by atoms with E-state index in [9.17, 15) is 0 Å². The van der Waals surface area contributed by atoms with E-state index in [0.717, 1.165) is 53.4 Å². The van der Waals surface area contributed by atoms with Crippen LogP contribution in [0.25, 0.3) is 11.3 Å². The Morgan fingerprint density at radius 1 is 1.14 bits per heavy atom. The molecule has 0 saturated carbocycles. The Morgan fingerprint density at radius 2 is 1.92 bits per heavy atom. The van der Waals surface area contributed by atoms with Crippen LogP contribution < -0.4 is 25.6 Å². The molecule has 0 aliphatic heterocycles. The summed E-state index contributed by atoms with van der Waals surface area (Å²) in [4.78, 5) is 18.2. The zero-order valence-corrected chi connectivity index (χ0v) is 23.1. The second kappa shape index (κ2) is 12.9. The van der Waals surface area contributed by atoms with Gasteiger partial charge in [-0.15, -0.1) is 0 Å². The van der Waals surface area contributed by atoms with E-state index in [-0.39, 0.29) is 0 Å². The molecule has 0 fully saturated rings. The number of anilines is 5. The molecular weight excluding hydrogens is 464 g/mol. The molecule has 0 aliphatic carbocycles. The van der Waals surface area contributed by atoms with Crippen LogP contribution in [0.5, 0.6) is 5.75 Å². The van der Waals surface area contributed by atoms with Gasteiger partial charge in [-0.25, -0.2) is 4.98 Å². The number of methoxy groups -OCH3 is 1.